The summed E-state index contributed by atoms with van der Waals surface area (Å²) >= 11 is 0. The molecule has 0 saturated carbocycles. The van der Waals surface area contributed by atoms with Crippen molar-refractivity contribution in [1.29, 1.82) is 0 Å². The number of ketones is 1. The highest BCUT2D eigenvalue weighted by atomic mass is 16.1. The molecule has 17 heavy (non-hydrogen) atoms. The number of carbonyl (C=O) groups is 1. The second-order valence-corrected chi connectivity index (χ2v) is 4.81. The number of hydrogen-bond acceptors (Lipinski definition) is 1. The monoisotopic (exact) mass is 232 g/mol. The van der Waals surface area contributed by atoms with Gasteiger partial charge in [-0.2, -0.15) is 0 Å². The van der Waals surface area contributed by atoms with Crippen LogP contribution in [0.25, 0.3) is 0 Å². The summed E-state index contributed by atoms with van der Waals surface area (Å²) in [7, 11) is 0. The van der Waals surface area contributed by atoms with E-state index >= 15 is 0 Å². The van der Waals surface area contributed by atoms with E-state index in [9.17, 15) is 4.79 Å². The molecule has 0 aromatic heterocycles. The van der Waals surface area contributed by atoms with Crippen LogP contribution in [0.15, 0.2) is 24.3 Å². The summed E-state index contributed by atoms with van der Waals surface area (Å²) < 4.78 is 0. The van der Waals surface area contributed by atoms with Crippen LogP contribution in [-0.4, -0.2) is 5.78 Å². The van der Waals surface area contributed by atoms with Gasteiger partial charge in [0.1, 0.15) is 0 Å². The summed E-state index contributed by atoms with van der Waals surface area (Å²) in [5.41, 5.74) is 2.19. The minimum atomic E-state index is 0.185. The molecule has 0 radical (unpaired) electrons. The first-order valence-electron chi connectivity index (χ1n) is 6.78. The van der Waals surface area contributed by atoms with Crippen molar-refractivity contribution in [1.82, 2.24) is 0 Å². The van der Waals surface area contributed by atoms with E-state index in [2.05, 4.69) is 39.8 Å². The lowest BCUT2D eigenvalue weighted by Crippen LogP contribution is -2.13. The van der Waals surface area contributed by atoms with Crippen LogP contribution in [0.2, 0.25) is 0 Å². The Morgan fingerprint density at radius 3 is 1.94 bits per heavy atom. The van der Waals surface area contributed by atoms with Crippen molar-refractivity contribution in [3.63, 3.8) is 0 Å². The molecule has 94 valence electrons. The fourth-order valence-electron chi connectivity index (χ4n) is 2.11. The molecule has 0 saturated heterocycles. The molecule has 1 rings (SSSR count). The molecule has 1 heteroatoms. The van der Waals surface area contributed by atoms with Gasteiger partial charge in [0.2, 0.25) is 0 Å². The summed E-state index contributed by atoms with van der Waals surface area (Å²) in [5, 5.41) is 0. The van der Waals surface area contributed by atoms with E-state index in [4.69, 9.17) is 0 Å². The molecule has 0 fully saturated rings. The van der Waals surface area contributed by atoms with Gasteiger partial charge in [0.25, 0.3) is 0 Å². The molecule has 0 heterocycles. The number of benzene rings is 1. The Bertz CT molecular complexity index is 346. The van der Waals surface area contributed by atoms with Gasteiger partial charge in [0.05, 0.1) is 0 Å². The van der Waals surface area contributed by atoms with Gasteiger partial charge in [0, 0.05) is 11.5 Å². The van der Waals surface area contributed by atoms with Crippen LogP contribution < -0.4 is 0 Å². The van der Waals surface area contributed by atoms with E-state index in [1.807, 2.05) is 12.1 Å². The van der Waals surface area contributed by atoms with E-state index < -0.39 is 0 Å². The first-order chi connectivity index (χ1) is 8.13. The van der Waals surface area contributed by atoms with E-state index in [1.54, 1.807) is 0 Å². The van der Waals surface area contributed by atoms with Crippen LogP contribution in [0, 0.1) is 5.92 Å². The quantitative estimate of drug-likeness (QED) is 0.643. The van der Waals surface area contributed by atoms with Gasteiger partial charge in [0.15, 0.2) is 5.78 Å². The average Bonchev–Trinajstić information content (AvgIpc) is 2.39. The first kappa shape index (κ1) is 14.0. The van der Waals surface area contributed by atoms with Crippen molar-refractivity contribution in [2.45, 2.75) is 52.9 Å². The lowest BCUT2D eigenvalue weighted by Gasteiger charge is -2.13. The molecule has 1 aromatic carbocycles. The zero-order valence-electron chi connectivity index (χ0n) is 11.5. The maximum Gasteiger partial charge on any atom is 0.165 e. The Morgan fingerprint density at radius 1 is 1.00 bits per heavy atom. The van der Waals surface area contributed by atoms with E-state index in [0.29, 0.717) is 11.7 Å². The molecule has 1 nitrogen and oxygen atoms in total. The fraction of sp³-hybridized carbons (Fsp3) is 0.562. The molecule has 1 atom stereocenters. The molecule has 0 aliphatic carbocycles. The van der Waals surface area contributed by atoms with Gasteiger partial charge in [-0.05, 0) is 30.7 Å². The minimum absolute atomic E-state index is 0.185. The molecule has 1 aromatic rings. The molecule has 0 N–H and O–H groups in total. The highest BCUT2D eigenvalue weighted by molar-refractivity contribution is 5.97. The zero-order chi connectivity index (χ0) is 12.8. The van der Waals surface area contributed by atoms with Crippen LogP contribution in [0.5, 0.6) is 0 Å². The summed E-state index contributed by atoms with van der Waals surface area (Å²) in [6.45, 7) is 8.57. The summed E-state index contributed by atoms with van der Waals surface area (Å²) in [5.74, 6) is 1.06. The summed E-state index contributed by atoms with van der Waals surface area (Å²) in [4.78, 5) is 12.2. The minimum Gasteiger partial charge on any atom is -0.294 e. The SMILES string of the molecule is CCC(CC)C(=O)c1ccc(C(C)CC)cc1. The van der Waals surface area contributed by atoms with Crippen LogP contribution in [-0.2, 0) is 0 Å². The van der Waals surface area contributed by atoms with E-state index in [1.165, 1.54) is 5.56 Å². The Morgan fingerprint density at radius 2 is 1.53 bits per heavy atom. The van der Waals surface area contributed by atoms with Crippen LogP contribution in [0.1, 0.15) is 68.8 Å². The number of Topliss-reactive ketones (excluding diaryl/α,β-unsaturated/α-hetero) is 1. The Hall–Kier alpha value is -1.11. The summed E-state index contributed by atoms with van der Waals surface area (Å²) in [6, 6.07) is 8.18. The third kappa shape index (κ3) is 3.42. The molecule has 0 aliphatic rings. The lowest BCUT2D eigenvalue weighted by molar-refractivity contribution is 0.0913. The average molecular weight is 232 g/mol. The number of rotatable bonds is 6. The Kier molecular flexibility index (Phi) is 5.40. The predicted octanol–water partition coefficient (Wildman–Crippen LogP) is 4.82. The van der Waals surface area contributed by atoms with Gasteiger partial charge in [-0.3, -0.25) is 4.79 Å². The van der Waals surface area contributed by atoms with Crippen molar-refractivity contribution in [2.75, 3.05) is 0 Å². The lowest BCUT2D eigenvalue weighted by atomic mass is 9.91. The largest absolute Gasteiger partial charge is 0.294 e. The highest BCUT2D eigenvalue weighted by Gasteiger charge is 2.16. The van der Waals surface area contributed by atoms with Gasteiger partial charge in [-0.1, -0.05) is 52.0 Å². The number of hydrogen-bond donors (Lipinski definition) is 0. The van der Waals surface area contributed by atoms with Crippen molar-refractivity contribution in [3.05, 3.63) is 35.4 Å². The second-order valence-electron chi connectivity index (χ2n) is 4.81. The van der Waals surface area contributed by atoms with Gasteiger partial charge in [-0.25, -0.2) is 0 Å². The maximum atomic E-state index is 12.2. The van der Waals surface area contributed by atoms with Crippen LogP contribution >= 0.6 is 0 Å². The number of carbonyl (C=O) groups excluding carboxylic acids is 1. The van der Waals surface area contributed by atoms with Gasteiger partial charge < -0.3 is 0 Å². The molecule has 0 bridgehead atoms. The highest BCUT2D eigenvalue weighted by Crippen LogP contribution is 2.21. The second kappa shape index (κ2) is 6.58. The first-order valence-corrected chi connectivity index (χ1v) is 6.78. The molecular weight excluding hydrogens is 208 g/mol. The van der Waals surface area contributed by atoms with Gasteiger partial charge in [-0.15, -0.1) is 0 Å². The predicted molar refractivity (Wildman–Crippen MR) is 73.6 cm³/mol. The molecule has 0 spiro atoms. The zero-order valence-corrected chi connectivity index (χ0v) is 11.5. The van der Waals surface area contributed by atoms with Crippen molar-refractivity contribution < 1.29 is 4.79 Å². The van der Waals surface area contributed by atoms with E-state index in [-0.39, 0.29) is 5.92 Å². The van der Waals surface area contributed by atoms with Crippen LogP contribution in [0.4, 0.5) is 0 Å². The third-order valence-electron chi connectivity index (χ3n) is 3.73. The standard InChI is InChI=1S/C16H24O/c1-5-12(4)14-8-10-15(11-9-14)16(17)13(6-2)7-3/h8-13H,5-7H2,1-4H3. The maximum absolute atomic E-state index is 12.2. The molecule has 0 amide bonds. The Labute approximate surface area is 105 Å². The van der Waals surface area contributed by atoms with Crippen LogP contribution in [0.3, 0.4) is 0 Å². The molecule has 1 unspecified atom stereocenters. The van der Waals surface area contributed by atoms with E-state index in [0.717, 1.165) is 24.8 Å². The topological polar surface area (TPSA) is 17.1 Å². The normalized spacial score (nSPS) is 12.8. The fourth-order valence-corrected chi connectivity index (χ4v) is 2.11. The Balaban J connectivity index is 2.83. The van der Waals surface area contributed by atoms with Crippen molar-refractivity contribution in [2.24, 2.45) is 5.92 Å². The van der Waals surface area contributed by atoms with Gasteiger partial charge >= 0.3 is 0 Å². The van der Waals surface area contributed by atoms with Crippen molar-refractivity contribution in [3.8, 4) is 0 Å². The molecular formula is C16H24O. The van der Waals surface area contributed by atoms with Crippen molar-refractivity contribution >= 4 is 5.78 Å². The smallest absolute Gasteiger partial charge is 0.165 e. The molecule has 0 aliphatic heterocycles. The summed E-state index contributed by atoms with van der Waals surface area (Å²) in [6.07, 6.45) is 3.00. The third-order valence-corrected chi connectivity index (χ3v) is 3.73.